The molecule has 0 spiro atoms. The Hall–Kier alpha value is -1.61. The highest BCUT2D eigenvalue weighted by atomic mass is 35.5. The summed E-state index contributed by atoms with van der Waals surface area (Å²) in [6.45, 7) is 3.09. The van der Waals surface area contributed by atoms with E-state index >= 15 is 0 Å². The van der Waals surface area contributed by atoms with Crippen LogP contribution >= 0.6 is 11.6 Å². The third-order valence-corrected chi connectivity index (χ3v) is 3.09. The number of benzene rings is 1. The minimum Gasteiger partial charge on any atom is -0.370 e. The van der Waals surface area contributed by atoms with Crippen LogP contribution in [0.3, 0.4) is 0 Å². The van der Waals surface area contributed by atoms with E-state index in [1.807, 2.05) is 6.07 Å². The van der Waals surface area contributed by atoms with Crippen molar-refractivity contribution in [2.24, 2.45) is 0 Å². The first-order valence-electron chi connectivity index (χ1n) is 6.02. The van der Waals surface area contributed by atoms with Crippen LogP contribution in [-0.2, 0) is 0 Å². The average Bonchev–Trinajstić information content (AvgIpc) is 2.40. The molecule has 1 aromatic heterocycles. The normalized spacial score (nSPS) is 12.1. The number of hydrogen-bond donors (Lipinski definition) is 1. The molecule has 0 bridgehead atoms. The molecule has 94 valence electrons. The first-order valence-corrected chi connectivity index (χ1v) is 6.40. The van der Waals surface area contributed by atoms with Crippen molar-refractivity contribution in [3.63, 3.8) is 0 Å². The van der Waals surface area contributed by atoms with Gasteiger partial charge in [0.05, 0.1) is 0 Å². The van der Waals surface area contributed by atoms with Crippen molar-refractivity contribution in [3.05, 3.63) is 53.4 Å². The van der Waals surface area contributed by atoms with Crippen LogP contribution in [-0.4, -0.2) is 16.5 Å². The van der Waals surface area contributed by atoms with Crippen molar-refractivity contribution in [2.45, 2.75) is 19.3 Å². The molecule has 3 nitrogen and oxygen atoms in total. The molecule has 1 N–H and O–H groups in total. The van der Waals surface area contributed by atoms with Crippen LogP contribution in [0.2, 0.25) is 5.15 Å². The highest BCUT2D eigenvalue weighted by Crippen LogP contribution is 2.18. The molecule has 2 rings (SSSR count). The molecule has 1 unspecified atom stereocenters. The maximum atomic E-state index is 5.79. The first-order chi connectivity index (χ1) is 8.75. The summed E-state index contributed by atoms with van der Waals surface area (Å²) >= 11 is 5.79. The Morgan fingerprint density at radius 1 is 1.22 bits per heavy atom. The number of aromatic nitrogens is 2. The summed E-state index contributed by atoms with van der Waals surface area (Å²) in [5.74, 6) is 1.30. The number of anilines is 1. The molecule has 1 atom stereocenters. The fourth-order valence-electron chi connectivity index (χ4n) is 1.80. The lowest BCUT2D eigenvalue weighted by atomic mass is 9.98. The third kappa shape index (κ3) is 3.70. The van der Waals surface area contributed by atoms with Gasteiger partial charge in [-0.1, -0.05) is 48.9 Å². The van der Waals surface area contributed by atoms with Crippen LogP contribution in [0, 0.1) is 0 Å². The van der Waals surface area contributed by atoms with Crippen LogP contribution in [0.4, 0.5) is 5.82 Å². The predicted octanol–water partition coefficient (Wildman–Crippen LogP) is 3.74. The smallest absolute Gasteiger partial charge is 0.134 e. The van der Waals surface area contributed by atoms with E-state index in [0.29, 0.717) is 11.1 Å². The van der Waals surface area contributed by atoms with E-state index in [1.54, 1.807) is 6.07 Å². The van der Waals surface area contributed by atoms with Gasteiger partial charge in [0.2, 0.25) is 0 Å². The zero-order valence-corrected chi connectivity index (χ0v) is 11.1. The Morgan fingerprint density at radius 2 is 2.00 bits per heavy atom. The lowest BCUT2D eigenvalue weighted by Gasteiger charge is -2.12. The molecule has 0 amide bonds. The molecule has 0 fully saturated rings. The molecule has 18 heavy (non-hydrogen) atoms. The summed E-state index contributed by atoms with van der Waals surface area (Å²) in [4.78, 5) is 7.95. The molecule has 0 radical (unpaired) electrons. The SMILES string of the molecule is CC(CCNc1cc(Cl)ncn1)c1ccccc1. The fourth-order valence-corrected chi connectivity index (χ4v) is 1.94. The summed E-state index contributed by atoms with van der Waals surface area (Å²) in [5.41, 5.74) is 1.36. The Morgan fingerprint density at radius 3 is 2.72 bits per heavy atom. The van der Waals surface area contributed by atoms with E-state index in [1.165, 1.54) is 11.9 Å². The predicted molar refractivity (Wildman–Crippen MR) is 75.0 cm³/mol. The fraction of sp³-hybridized carbons (Fsp3) is 0.286. The molecule has 4 heteroatoms. The number of nitrogens with zero attached hydrogens (tertiary/aromatic N) is 2. The highest BCUT2D eigenvalue weighted by Gasteiger charge is 2.04. The quantitative estimate of drug-likeness (QED) is 0.834. The van der Waals surface area contributed by atoms with Gasteiger partial charge in [-0.15, -0.1) is 0 Å². The van der Waals surface area contributed by atoms with Crippen LogP contribution in [0.25, 0.3) is 0 Å². The second-order valence-electron chi connectivity index (χ2n) is 4.25. The van der Waals surface area contributed by atoms with Crippen molar-refractivity contribution >= 4 is 17.4 Å². The van der Waals surface area contributed by atoms with E-state index in [9.17, 15) is 0 Å². The molecule has 1 heterocycles. The van der Waals surface area contributed by atoms with Crippen LogP contribution < -0.4 is 5.32 Å². The number of hydrogen-bond acceptors (Lipinski definition) is 3. The Labute approximate surface area is 112 Å². The van der Waals surface area contributed by atoms with Crippen molar-refractivity contribution < 1.29 is 0 Å². The van der Waals surface area contributed by atoms with E-state index in [4.69, 9.17) is 11.6 Å². The summed E-state index contributed by atoms with van der Waals surface area (Å²) in [5, 5.41) is 3.71. The van der Waals surface area contributed by atoms with E-state index in [0.717, 1.165) is 18.8 Å². The Balaban J connectivity index is 1.82. The molecular weight excluding hydrogens is 246 g/mol. The maximum absolute atomic E-state index is 5.79. The van der Waals surface area contributed by atoms with E-state index in [2.05, 4.69) is 46.5 Å². The van der Waals surface area contributed by atoms with Gasteiger partial charge in [-0.05, 0) is 17.9 Å². The summed E-state index contributed by atoms with van der Waals surface area (Å²) in [6, 6.07) is 12.2. The minimum atomic E-state index is 0.462. The van der Waals surface area contributed by atoms with Crippen molar-refractivity contribution in [1.29, 1.82) is 0 Å². The zero-order chi connectivity index (χ0) is 12.8. The van der Waals surface area contributed by atoms with E-state index < -0.39 is 0 Å². The molecule has 0 aliphatic carbocycles. The first kappa shape index (κ1) is 12.8. The zero-order valence-electron chi connectivity index (χ0n) is 10.3. The number of halogens is 1. The Kier molecular flexibility index (Phi) is 4.53. The van der Waals surface area contributed by atoms with Crippen molar-refractivity contribution in [1.82, 2.24) is 9.97 Å². The lowest BCUT2D eigenvalue weighted by Crippen LogP contribution is -2.07. The molecule has 1 aromatic carbocycles. The van der Waals surface area contributed by atoms with Crippen molar-refractivity contribution in [2.75, 3.05) is 11.9 Å². The van der Waals surface area contributed by atoms with Gasteiger partial charge in [-0.2, -0.15) is 0 Å². The number of rotatable bonds is 5. The van der Waals surface area contributed by atoms with Crippen LogP contribution in [0.15, 0.2) is 42.7 Å². The summed E-state index contributed by atoms with van der Waals surface area (Å²) in [6.07, 6.45) is 2.51. The molecule has 0 saturated carbocycles. The average molecular weight is 262 g/mol. The van der Waals surface area contributed by atoms with Gasteiger partial charge in [0.1, 0.15) is 17.3 Å². The highest BCUT2D eigenvalue weighted by molar-refractivity contribution is 6.29. The van der Waals surface area contributed by atoms with Crippen LogP contribution in [0.1, 0.15) is 24.8 Å². The minimum absolute atomic E-state index is 0.462. The summed E-state index contributed by atoms with van der Waals surface area (Å²) < 4.78 is 0. The molecule has 2 aromatic rings. The van der Waals surface area contributed by atoms with Gasteiger partial charge in [0.15, 0.2) is 0 Å². The Bertz CT molecular complexity index is 487. The second-order valence-corrected chi connectivity index (χ2v) is 4.64. The molecule has 0 aliphatic heterocycles. The van der Waals surface area contributed by atoms with Gasteiger partial charge in [0.25, 0.3) is 0 Å². The topological polar surface area (TPSA) is 37.8 Å². The van der Waals surface area contributed by atoms with Gasteiger partial charge in [0, 0.05) is 12.6 Å². The van der Waals surface area contributed by atoms with Gasteiger partial charge in [-0.3, -0.25) is 0 Å². The van der Waals surface area contributed by atoms with Crippen molar-refractivity contribution in [3.8, 4) is 0 Å². The van der Waals surface area contributed by atoms with E-state index in [-0.39, 0.29) is 0 Å². The standard InChI is InChI=1S/C14H16ClN3/c1-11(12-5-3-2-4-6-12)7-8-16-14-9-13(15)17-10-18-14/h2-6,9-11H,7-8H2,1H3,(H,16,17,18). The second kappa shape index (κ2) is 6.36. The lowest BCUT2D eigenvalue weighted by molar-refractivity contribution is 0.704. The molecule has 0 aliphatic rings. The monoisotopic (exact) mass is 261 g/mol. The van der Waals surface area contributed by atoms with Crippen LogP contribution in [0.5, 0.6) is 0 Å². The number of nitrogens with one attached hydrogen (secondary N) is 1. The maximum Gasteiger partial charge on any atom is 0.134 e. The largest absolute Gasteiger partial charge is 0.370 e. The molecular formula is C14H16ClN3. The van der Waals surface area contributed by atoms with Gasteiger partial charge in [-0.25, -0.2) is 9.97 Å². The van der Waals surface area contributed by atoms with Gasteiger partial charge < -0.3 is 5.32 Å². The van der Waals surface area contributed by atoms with Gasteiger partial charge >= 0.3 is 0 Å². The third-order valence-electron chi connectivity index (χ3n) is 2.89. The molecule has 0 saturated heterocycles. The summed E-state index contributed by atoms with van der Waals surface area (Å²) in [7, 11) is 0.